The molecule has 21 heavy (non-hydrogen) atoms. The van der Waals surface area contributed by atoms with Gasteiger partial charge < -0.3 is 10.2 Å². The average Bonchev–Trinajstić information content (AvgIpc) is 3.00. The van der Waals surface area contributed by atoms with Gasteiger partial charge in [-0.25, -0.2) is 0 Å². The number of nitrogens with one attached hydrogen (secondary N) is 1. The molecule has 1 heterocycles. The van der Waals surface area contributed by atoms with Crippen LogP contribution < -0.4 is 5.32 Å². The quantitative estimate of drug-likeness (QED) is 0.865. The standard InChI is InChI=1S/C15H16Cl2N2O2/c16-12-4-5-13(17)11(9-12)3-6-14(20)18-10-15(21)19-7-1-2-8-19/h3-6,9H,1-2,7-8,10H2,(H,18,20)/b6-3+. The zero-order valence-corrected chi connectivity index (χ0v) is 13.0. The highest BCUT2D eigenvalue weighted by Gasteiger charge is 2.17. The number of benzene rings is 1. The molecule has 0 bridgehead atoms. The predicted molar refractivity (Wildman–Crippen MR) is 84.3 cm³/mol. The first-order chi connectivity index (χ1) is 10.1. The molecule has 0 saturated carbocycles. The summed E-state index contributed by atoms with van der Waals surface area (Å²) in [5.41, 5.74) is 0.658. The number of nitrogens with zero attached hydrogens (tertiary/aromatic N) is 1. The number of carbonyl (C=O) groups is 2. The molecular weight excluding hydrogens is 311 g/mol. The summed E-state index contributed by atoms with van der Waals surface area (Å²) < 4.78 is 0. The van der Waals surface area contributed by atoms with Crippen LogP contribution in [0.2, 0.25) is 10.0 Å². The number of hydrogen-bond acceptors (Lipinski definition) is 2. The van der Waals surface area contributed by atoms with Gasteiger partial charge >= 0.3 is 0 Å². The van der Waals surface area contributed by atoms with Crippen molar-refractivity contribution in [2.45, 2.75) is 12.8 Å². The van der Waals surface area contributed by atoms with E-state index in [-0.39, 0.29) is 18.4 Å². The summed E-state index contributed by atoms with van der Waals surface area (Å²) in [6.07, 6.45) is 4.98. The summed E-state index contributed by atoms with van der Waals surface area (Å²) in [6.45, 7) is 1.58. The van der Waals surface area contributed by atoms with Gasteiger partial charge in [-0.05, 0) is 42.7 Å². The maximum Gasteiger partial charge on any atom is 0.244 e. The molecular formula is C15H16Cl2N2O2. The van der Waals surface area contributed by atoms with Gasteiger partial charge in [-0.1, -0.05) is 23.2 Å². The van der Waals surface area contributed by atoms with Crippen LogP contribution in [-0.4, -0.2) is 36.3 Å². The molecule has 2 rings (SSSR count). The van der Waals surface area contributed by atoms with Crippen LogP contribution in [-0.2, 0) is 9.59 Å². The molecule has 1 saturated heterocycles. The Kier molecular flexibility index (Phi) is 5.65. The molecule has 112 valence electrons. The third-order valence-electron chi connectivity index (χ3n) is 3.24. The first-order valence-electron chi connectivity index (χ1n) is 6.75. The van der Waals surface area contributed by atoms with Crippen LogP contribution in [0.1, 0.15) is 18.4 Å². The topological polar surface area (TPSA) is 49.4 Å². The lowest BCUT2D eigenvalue weighted by Crippen LogP contribution is -2.38. The zero-order chi connectivity index (χ0) is 15.2. The maximum atomic E-state index is 11.8. The van der Waals surface area contributed by atoms with E-state index in [4.69, 9.17) is 23.2 Å². The van der Waals surface area contributed by atoms with Crippen molar-refractivity contribution in [1.82, 2.24) is 10.2 Å². The number of carbonyl (C=O) groups excluding carboxylic acids is 2. The first-order valence-corrected chi connectivity index (χ1v) is 7.50. The van der Waals surface area contributed by atoms with Crippen LogP contribution in [0.5, 0.6) is 0 Å². The Hall–Kier alpha value is -1.52. The molecule has 1 N–H and O–H groups in total. The third-order valence-corrected chi connectivity index (χ3v) is 3.82. The molecule has 1 aliphatic rings. The van der Waals surface area contributed by atoms with Crippen LogP contribution in [0.25, 0.3) is 6.08 Å². The van der Waals surface area contributed by atoms with Gasteiger partial charge in [0.2, 0.25) is 11.8 Å². The fraction of sp³-hybridized carbons (Fsp3) is 0.333. The highest BCUT2D eigenvalue weighted by molar-refractivity contribution is 6.34. The first kappa shape index (κ1) is 15.9. The Bertz CT molecular complexity index is 567. The monoisotopic (exact) mass is 326 g/mol. The number of hydrogen-bond donors (Lipinski definition) is 1. The molecule has 1 aromatic carbocycles. The molecule has 4 nitrogen and oxygen atoms in total. The molecule has 2 amide bonds. The van der Waals surface area contributed by atoms with Gasteiger partial charge in [-0.3, -0.25) is 9.59 Å². The minimum absolute atomic E-state index is 0.0203. The number of rotatable bonds is 4. The van der Waals surface area contributed by atoms with Crippen LogP contribution in [0, 0.1) is 0 Å². The summed E-state index contributed by atoms with van der Waals surface area (Å²) in [6, 6.07) is 5.01. The van der Waals surface area contributed by atoms with Gasteiger partial charge in [0.1, 0.15) is 0 Å². The van der Waals surface area contributed by atoms with E-state index in [2.05, 4.69) is 5.32 Å². The van der Waals surface area contributed by atoms with Crippen molar-refractivity contribution in [3.05, 3.63) is 39.9 Å². The van der Waals surface area contributed by atoms with E-state index in [9.17, 15) is 9.59 Å². The maximum absolute atomic E-state index is 11.8. The van der Waals surface area contributed by atoms with Crippen molar-refractivity contribution in [3.8, 4) is 0 Å². The Morgan fingerprint density at radius 1 is 1.24 bits per heavy atom. The molecule has 6 heteroatoms. The summed E-state index contributed by atoms with van der Waals surface area (Å²) in [4.78, 5) is 25.2. The summed E-state index contributed by atoms with van der Waals surface area (Å²) >= 11 is 11.9. The Morgan fingerprint density at radius 2 is 1.95 bits per heavy atom. The highest BCUT2D eigenvalue weighted by atomic mass is 35.5. The van der Waals surface area contributed by atoms with Gasteiger partial charge in [0, 0.05) is 29.2 Å². The minimum Gasteiger partial charge on any atom is -0.343 e. The molecule has 0 radical (unpaired) electrons. The second-order valence-electron chi connectivity index (χ2n) is 4.80. The lowest BCUT2D eigenvalue weighted by atomic mass is 10.2. The van der Waals surface area contributed by atoms with Crippen LogP contribution >= 0.6 is 23.2 Å². The van der Waals surface area contributed by atoms with Gasteiger partial charge in [0.25, 0.3) is 0 Å². The van der Waals surface area contributed by atoms with Crippen molar-refractivity contribution < 1.29 is 9.59 Å². The van der Waals surface area contributed by atoms with Crippen LogP contribution in [0.15, 0.2) is 24.3 Å². The molecule has 1 aromatic rings. The largest absolute Gasteiger partial charge is 0.343 e. The molecule has 0 aliphatic carbocycles. The predicted octanol–water partition coefficient (Wildman–Crippen LogP) is 2.75. The van der Waals surface area contributed by atoms with Crippen LogP contribution in [0.3, 0.4) is 0 Å². The van der Waals surface area contributed by atoms with Crippen molar-refractivity contribution in [2.75, 3.05) is 19.6 Å². The van der Waals surface area contributed by atoms with Crippen LogP contribution in [0.4, 0.5) is 0 Å². The van der Waals surface area contributed by atoms with E-state index in [1.54, 1.807) is 29.2 Å². The van der Waals surface area contributed by atoms with Crippen molar-refractivity contribution >= 4 is 41.1 Å². The molecule has 0 aromatic heterocycles. The second-order valence-corrected chi connectivity index (χ2v) is 5.65. The van der Waals surface area contributed by atoms with E-state index in [0.717, 1.165) is 25.9 Å². The van der Waals surface area contributed by atoms with Gasteiger partial charge in [0.15, 0.2) is 0 Å². The van der Waals surface area contributed by atoms with E-state index in [0.29, 0.717) is 15.6 Å². The molecule has 0 spiro atoms. The summed E-state index contributed by atoms with van der Waals surface area (Å²) in [5.74, 6) is -0.381. The lowest BCUT2D eigenvalue weighted by molar-refractivity contribution is -0.131. The van der Waals surface area contributed by atoms with E-state index >= 15 is 0 Å². The average molecular weight is 327 g/mol. The lowest BCUT2D eigenvalue weighted by Gasteiger charge is -2.14. The highest BCUT2D eigenvalue weighted by Crippen LogP contribution is 2.21. The zero-order valence-electron chi connectivity index (χ0n) is 11.4. The van der Waals surface area contributed by atoms with Crippen molar-refractivity contribution in [3.63, 3.8) is 0 Å². The van der Waals surface area contributed by atoms with Gasteiger partial charge in [0.05, 0.1) is 6.54 Å². The minimum atomic E-state index is -0.335. The fourth-order valence-corrected chi connectivity index (χ4v) is 2.47. The van der Waals surface area contributed by atoms with Crippen molar-refractivity contribution in [1.29, 1.82) is 0 Å². The molecule has 0 unspecified atom stereocenters. The second kappa shape index (κ2) is 7.48. The summed E-state index contributed by atoms with van der Waals surface area (Å²) in [5, 5.41) is 3.63. The van der Waals surface area contributed by atoms with E-state index in [1.165, 1.54) is 6.08 Å². The Balaban J connectivity index is 1.85. The SMILES string of the molecule is O=C(/C=C/c1cc(Cl)ccc1Cl)NCC(=O)N1CCCC1. The smallest absolute Gasteiger partial charge is 0.244 e. The van der Waals surface area contributed by atoms with E-state index < -0.39 is 0 Å². The Labute approximate surface area is 133 Å². The molecule has 0 atom stereocenters. The van der Waals surface area contributed by atoms with Gasteiger partial charge in [-0.15, -0.1) is 0 Å². The summed E-state index contributed by atoms with van der Waals surface area (Å²) in [7, 11) is 0. The molecule has 1 fully saturated rings. The number of likely N-dealkylation sites (tertiary alicyclic amines) is 1. The normalized spacial score (nSPS) is 14.7. The Morgan fingerprint density at radius 3 is 2.67 bits per heavy atom. The van der Waals surface area contributed by atoms with Crippen molar-refractivity contribution in [2.24, 2.45) is 0 Å². The fourth-order valence-electron chi connectivity index (χ4n) is 2.11. The van der Waals surface area contributed by atoms with Gasteiger partial charge in [-0.2, -0.15) is 0 Å². The number of halogens is 2. The third kappa shape index (κ3) is 4.76. The van der Waals surface area contributed by atoms with E-state index in [1.807, 2.05) is 0 Å². The number of amides is 2. The molecule has 1 aliphatic heterocycles.